The Morgan fingerprint density at radius 1 is 1.27 bits per heavy atom. The lowest BCUT2D eigenvalue weighted by atomic mass is 10.1. The topological polar surface area (TPSA) is 87.1 Å². The molecule has 2 heterocycles. The number of hydrogen-bond acceptors (Lipinski definition) is 3. The molecule has 1 saturated heterocycles. The zero-order chi connectivity index (χ0) is 16.3. The van der Waals surface area contributed by atoms with Crippen LogP contribution in [0.2, 0.25) is 0 Å². The molecule has 0 spiro atoms. The second kappa shape index (κ2) is 6.69. The van der Waals surface area contributed by atoms with Gasteiger partial charge in [-0.2, -0.15) is 0 Å². The van der Waals surface area contributed by atoms with Gasteiger partial charge in [-0.1, -0.05) is 0 Å². The van der Waals surface area contributed by atoms with Gasteiger partial charge >= 0.3 is 5.69 Å². The molecule has 1 aromatic heterocycles. The summed E-state index contributed by atoms with van der Waals surface area (Å²) in [7, 11) is 0. The van der Waals surface area contributed by atoms with Crippen LogP contribution in [0.3, 0.4) is 0 Å². The summed E-state index contributed by atoms with van der Waals surface area (Å²) < 4.78 is 27.9. The summed E-state index contributed by atoms with van der Waals surface area (Å²) in [5.74, 6) is -2.70. The van der Waals surface area contributed by atoms with E-state index in [4.69, 9.17) is 9.90 Å². The summed E-state index contributed by atoms with van der Waals surface area (Å²) in [6, 6.07) is 2.16. The minimum absolute atomic E-state index is 0.0392. The summed E-state index contributed by atoms with van der Waals surface area (Å²) in [5, 5.41) is 10.6. The van der Waals surface area contributed by atoms with Gasteiger partial charge in [0.25, 0.3) is 5.97 Å². The lowest BCUT2D eigenvalue weighted by molar-refractivity contribution is -0.134. The van der Waals surface area contributed by atoms with Crippen LogP contribution in [-0.2, 0) is 4.79 Å². The molecule has 1 aliphatic rings. The number of carbonyl (C=O) groups is 1. The minimum atomic E-state index is -0.943. The van der Waals surface area contributed by atoms with Gasteiger partial charge in [0.2, 0.25) is 0 Å². The standard InChI is InChI=1S/C12H13F2N3O.C2H4O2/c13-8-5-10-11(6-9(8)14)17(12(18)16-10)7-1-3-15-4-2-7;1-2(3)4/h5-7,15H,1-4H2,(H,16,18);1H3,(H,3,4). The summed E-state index contributed by atoms with van der Waals surface area (Å²) in [6.45, 7) is 2.74. The summed E-state index contributed by atoms with van der Waals surface area (Å²) in [6.07, 6.45) is 1.62. The van der Waals surface area contributed by atoms with Crippen LogP contribution >= 0.6 is 0 Å². The van der Waals surface area contributed by atoms with Crippen LogP contribution in [0.1, 0.15) is 25.8 Å². The number of imidazole rings is 1. The summed E-state index contributed by atoms with van der Waals surface area (Å²) >= 11 is 0. The molecular weight excluding hydrogens is 296 g/mol. The molecule has 0 bridgehead atoms. The average Bonchev–Trinajstić information content (AvgIpc) is 2.75. The molecule has 8 heteroatoms. The first-order valence-corrected chi connectivity index (χ1v) is 6.89. The number of aromatic nitrogens is 2. The monoisotopic (exact) mass is 313 g/mol. The van der Waals surface area contributed by atoms with Crippen LogP contribution in [0.15, 0.2) is 16.9 Å². The SMILES string of the molecule is CC(=O)O.O=c1[nH]c2cc(F)c(F)cc2n1C1CCNCC1. The number of benzene rings is 1. The zero-order valence-electron chi connectivity index (χ0n) is 12.0. The lowest BCUT2D eigenvalue weighted by Crippen LogP contribution is -2.33. The van der Waals surface area contributed by atoms with Crippen LogP contribution in [0.4, 0.5) is 8.78 Å². The molecule has 1 aromatic carbocycles. The summed E-state index contributed by atoms with van der Waals surface area (Å²) in [5.41, 5.74) is 0.477. The molecule has 1 fully saturated rings. The lowest BCUT2D eigenvalue weighted by Gasteiger charge is -2.23. The van der Waals surface area contributed by atoms with E-state index in [1.54, 1.807) is 4.57 Å². The third-order valence-electron chi connectivity index (χ3n) is 3.43. The van der Waals surface area contributed by atoms with Crippen molar-refractivity contribution in [1.29, 1.82) is 0 Å². The first-order valence-electron chi connectivity index (χ1n) is 6.89. The number of aromatic amines is 1. The fourth-order valence-electron chi connectivity index (χ4n) is 2.55. The number of rotatable bonds is 1. The quantitative estimate of drug-likeness (QED) is 0.746. The fraction of sp³-hybridized carbons (Fsp3) is 0.429. The van der Waals surface area contributed by atoms with Crippen LogP contribution in [-0.4, -0.2) is 33.7 Å². The molecule has 6 nitrogen and oxygen atoms in total. The van der Waals surface area contributed by atoms with Gasteiger partial charge in [-0.05, 0) is 25.9 Å². The molecule has 3 N–H and O–H groups in total. The zero-order valence-corrected chi connectivity index (χ0v) is 12.0. The Hall–Kier alpha value is -2.22. The Morgan fingerprint density at radius 2 is 1.82 bits per heavy atom. The van der Waals surface area contributed by atoms with Crippen LogP contribution in [0, 0.1) is 11.6 Å². The fourth-order valence-corrected chi connectivity index (χ4v) is 2.55. The number of piperidine rings is 1. The molecule has 2 aromatic rings. The number of halogens is 2. The molecule has 0 aliphatic carbocycles. The number of carboxylic acid groups (broad SMARTS) is 1. The van der Waals surface area contributed by atoms with E-state index in [-0.39, 0.29) is 11.7 Å². The van der Waals surface area contributed by atoms with E-state index in [9.17, 15) is 13.6 Å². The van der Waals surface area contributed by atoms with E-state index in [2.05, 4.69) is 10.3 Å². The number of hydrogen-bond donors (Lipinski definition) is 3. The molecule has 120 valence electrons. The van der Waals surface area contributed by atoms with Gasteiger partial charge in [-0.15, -0.1) is 0 Å². The van der Waals surface area contributed by atoms with Gasteiger partial charge in [-0.25, -0.2) is 13.6 Å². The van der Waals surface area contributed by atoms with E-state index in [0.717, 1.165) is 45.0 Å². The third kappa shape index (κ3) is 3.51. The van der Waals surface area contributed by atoms with E-state index in [1.807, 2.05) is 0 Å². The molecule has 0 amide bonds. The van der Waals surface area contributed by atoms with Gasteiger partial charge in [0, 0.05) is 25.1 Å². The highest BCUT2D eigenvalue weighted by Crippen LogP contribution is 2.23. The molecule has 0 radical (unpaired) electrons. The number of H-pyrrole nitrogens is 1. The highest BCUT2D eigenvalue weighted by atomic mass is 19.2. The largest absolute Gasteiger partial charge is 0.481 e. The maximum atomic E-state index is 13.3. The van der Waals surface area contributed by atoms with Gasteiger partial charge in [-0.3, -0.25) is 9.36 Å². The van der Waals surface area contributed by atoms with Crippen molar-refractivity contribution < 1.29 is 18.7 Å². The van der Waals surface area contributed by atoms with Crippen LogP contribution in [0.25, 0.3) is 11.0 Å². The second-order valence-corrected chi connectivity index (χ2v) is 5.08. The van der Waals surface area contributed by atoms with Crippen molar-refractivity contribution in [3.8, 4) is 0 Å². The van der Waals surface area contributed by atoms with E-state index >= 15 is 0 Å². The maximum Gasteiger partial charge on any atom is 0.326 e. The van der Waals surface area contributed by atoms with Crippen LogP contribution in [0.5, 0.6) is 0 Å². The smallest absolute Gasteiger partial charge is 0.326 e. The van der Waals surface area contributed by atoms with Gasteiger partial charge < -0.3 is 15.4 Å². The Balaban J connectivity index is 0.000000396. The molecule has 0 unspecified atom stereocenters. The van der Waals surface area contributed by atoms with E-state index in [1.165, 1.54) is 0 Å². The van der Waals surface area contributed by atoms with Gasteiger partial charge in [0.1, 0.15) is 0 Å². The molecular formula is C14H17F2N3O3. The van der Waals surface area contributed by atoms with Crippen molar-refractivity contribution in [3.63, 3.8) is 0 Å². The van der Waals surface area contributed by atoms with Crippen molar-refractivity contribution in [3.05, 3.63) is 34.3 Å². The van der Waals surface area contributed by atoms with Crippen molar-refractivity contribution in [2.45, 2.75) is 25.8 Å². The van der Waals surface area contributed by atoms with Crippen molar-refractivity contribution >= 4 is 17.0 Å². The highest BCUT2D eigenvalue weighted by Gasteiger charge is 2.20. The van der Waals surface area contributed by atoms with Crippen molar-refractivity contribution in [1.82, 2.24) is 14.9 Å². The Bertz CT molecular complexity index is 729. The Kier molecular flexibility index (Phi) is 4.92. The average molecular weight is 313 g/mol. The number of nitrogens with zero attached hydrogens (tertiary/aromatic N) is 1. The van der Waals surface area contributed by atoms with Crippen molar-refractivity contribution in [2.75, 3.05) is 13.1 Å². The minimum Gasteiger partial charge on any atom is -0.481 e. The van der Waals surface area contributed by atoms with Crippen LogP contribution < -0.4 is 11.0 Å². The Labute approximate surface area is 124 Å². The molecule has 22 heavy (non-hydrogen) atoms. The van der Waals surface area contributed by atoms with Gasteiger partial charge in [0.05, 0.1) is 11.0 Å². The summed E-state index contributed by atoms with van der Waals surface area (Å²) in [4.78, 5) is 23.5. The molecule has 1 aliphatic heterocycles. The predicted octanol–water partition coefficient (Wildman–Crippen LogP) is 1.62. The van der Waals surface area contributed by atoms with E-state index < -0.39 is 17.6 Å². The Morgan fingerprint density at radius 3 is 2.41 bits per heavy atom. The number of nitrogens with one attached hydrogen (secondary N) is 2. The van der Waals surface area contributed by atoms with Gasteiger partial charge in [0.15, 0.2) is 11.6 Å². The highest BCUT2D eigenvalue weighted by molar-refractivity contribution is 5.75. The molecule has 0 atom stereocenters. The first kappa shape index (κ1) is 16.2. The van der Waals surface area contributed by atoms with E-state index in [0.29, 0.717) is 11.0 Å². The number of carboxylic acids is 1. The number of aliphatic carboxylic acids is 1. The normalized spacial score (nSPS) is 15.4. The molecule has 0 saturated carbocycles. The second-order valence-electron chi connectivity index (χ2n) is 5.08. The first-order chi connectivity index (χ1) is 10.4. The molecule has 3 rings (SSSR count). The maximum absolute atomic E-state index is 13.3. The number of fused-ring (bicyclic) bond motifs is 1. The van der Waals surface area contributed by atoms with Crippen molar-refractivity contribution in [2.24, 2.45) is 0 Å². The third-order valence-corrected chi connectivity index (χ3v) is 3.43. The predicted molar refractivity (Wildman–Crippen MR) is 76.9 cm³/mol.